The Kier molecular flexibility index (Phi) is 5.11. The summed E-state index contributed by atoms with van der Waals surface area (Å²) in [6.45, 7) is 5.11. The number of anilines is 1. The molecule has 0 aliphatic heterocycles. The first kappa shape index (κ1) is 17.5. The molecule has 6 nitrogen and oxygen atoms in total. The Hall–Kier alpha value is -2.31. The van der Waals surface area contributed by atoms with Gasteiger partial charge in [-0.2, -0.15) is 10.2 Å². The molecule has 0 saturated heterocycles. The van der Waals surface area contributed by atoms with Crippen molar-refractivity contribution in [3.63, 3.8) is 0 Å². The molecule has 2 aromatic heterocycles. The second-order valence-electron chi connectivity index (χ2n) is 5.59. The van der Waals surface area contributed by atoms with E-state index in [0.29, 0.717) is 27.8 Å². The van der Waals surface area contributed by atoms with Crippen LogP contribution < -0.4 is 5.32 Å². The molecule has 0 unspecified atom stereocenters. The van der Waals surface area contributed by atoms with Crippen LogP contribution >= 0.6 is 23.2 Å². The topological polar surface area (TPSA) is 64.7 Å². The Morgan fingerprint density at radius 3 is 2.68 bits per heavy atom. The van der Waals surface area contributed by atoms with Crippen molar-refractivity contribution in [1.82, 2.24) is 19.6 Å². The molecule has 0 spiro atoms. The van der Waals surface area contributed by atoms with Gasteiger partial charge in [0.15, 0.2) is 0 Å². The van der Waals surface area contributed by atoms with Gasteiger partial charge in [-0.15, -0.1) is 0 Å². The highest BCUT2D eigenvalue weighted by Gasteiger charge is 2.14. The molecule has 0 aliphatic carbocycles. The zero-order valence-corrected chi connectivity index (χ0v) is 15.3. The number of nitrogens with one attached hydrogen (secondary N) is 1. The van der Waals surface area contributed by atoms with Crippen LogP contribution in [0.5, 0.6) is 0 Å². The van der Waals surface area contributed by atoms with Gasteiger partial charge in [0.25, 0.3) is 5.91 Å². The average Bonchev–Trinajstić information content (AvgIpc) is 3.17. The molecule has 3 aromatic rings. The van der Waals surface area contributed by atoms with Crippen molar-refractivity contribution < 1.29 is 4.79 Å². The molecule has 0 aliphatic rings. The number of halogens is 2. The normalized spacial score (nSPS) is 10.9. The molecule has 8 heteroatoms. The maximum Gasteiger partial charge on any atom is 0.259 e. The van der Waals surface area contributed by atoms with Crippen LogP contribution in [0.4, 0.5) is 5.69 Å². The minimum Gasteiger partial charge on any atom is -0.319 e. The van der Waals surface area contributed by atoms with Gasteiger partial charge in [0, 0.05) is 18.4 Å². The Morgan fingerprint density at radius 1 is 1.20 bits per heavy atom. The van der Waals surface area contributed by atoms with Gasteiger partial charge in [0.05, 0.1) is 40.2 Å². The van der Waals surface area contributed by atoms with Gasteiger partial charge in [-0.1, -0.05) is 29.3 Å². The Labute approximate surface area is 155 Å². The van der Waals surface area contributed by atoms with Gasteiger partial charge in [0.2, 0.25) is 0 Å². The summed E-state index contributed by atoms with van der Waals surface area (Å²) >= 11 is 11.9. The lowest BCUT2D eigenvalue weighted by atomic mass is 10.2. The number of hydrogen-bond donors (Lipinski definition) is 1. The van der Waals surface area contributed by atoms with Gasteiger partial charge in [-0.3, -0.25) is 14.2 Å². The first-order valence-corrected chi connectivity index (χ1v) is 8.53. The minimum atomic E-state index is -0.203. The van der Waals surface area contributed by atoms with E-state index in [2.05, 4.69) is 15.5 Å². The van der Waals surface area contributed by atoms with E-state index < -0.39 is 0 Å². The fourth-order valence-electron chi connectivity index (χ4n) is 2.53. The summed E-state index contributed by atoms with van der Waals surface area (Å²) in [6, 6.07) is 5.43. The number of aryl methyl sites for hydroxylation is 1. The van der Waals surface area contributed by atoms with Crippen LogP contribution in [0.15, 0.2) is 36.8 Å². The van der Waals surface area contributed by atoms with Crippen molar-refractivity contribution in [3.05, 3.63) is 63.7 Å². The maximum absolute atomic E-state index is 12.4. The fraction of sp³-hybridized carbons (Fsp3) is 0.235. The highest BCUT2D eigenvalue weighted by Crippen LogP contribution is 2.23. The lowest BCUT2D eigenvalue weighted by Gasteiger charge is -2.04. The predicted molar refractivity (Wildman–Crippen MR) is 98.4 cm³/mol. The molecule has 3 rings (SSSR count). The summed E-state index contributed by atoms with van der Waals surface area (Å²) in [5.41, 5.74) is 2.98. The fourth-order valence-corrected chi connectivity index (χ4v) is 2.85. The average molecular weight is 378 g/mol. The molecule has 1 N–H and O–H groups in total. The number of carbonyl (C=O) groups is 1. The van der Waals surface area contributed by atoms with E-state index in [4.69, 9.17) is 23.2 Å². The monoisotopic (exact) mass is 377 g/mol. The van der Waals surface area contributed by atoms with Crippen molar-refractivity contribution in [3.8, 4) is 0 Å². The third-order valence-electron chi connectivity index (χ3n) is 3.87. The first-order valence-electron chi connectivity index (χ1n) is 7.78. The zero-order chi connectivity index (χ0) is 18.0. The predicted octanol–water partition coefficient (Wildman–Crippen LogP) is 4.02. The zero-order valence-electron chi connectivity index (χ0n) is 13.8. The largest absolute Gasteiger partial charge is 0.319 e. The minimum absolute atomic E-state index is 0.203. The summed E-state index contributed by atoms with van der Waals surface area (Å²) in [4.78, 5) is 12.4. The van der Waals surface area contributed by atoms with E-state index in [0.717, 1.165) is 17.8 Å². The quantitative estimate of drug-likeness (QED) is 0.730. The van der Waals surface area contributed by atoms with Gasteiger partial charge >= 0.3 is 0 Å². The molecule has 1 amide bonds. The summed E-state index contributed by atoms with van der Waals surface area (Å²) in [7, 11) is 0. The van der Waals surface area contributed by atoms with Crippen LogP contribution in [0.2, 0.25) is 10.0 Å². The molecule has 1 aromatic carbocycles. The van der Waals surface area contributed by atoms with E-state index >= 15 is 0 Å². The van der Waals surface area contributed by atoms with Crippen molar-refractivity contribution in [2.24, 2.45) is 0 Å². The van der Waals surface area contributed by atoms with Gasteiger partial charge in [0.1, 0.15) is 0 Å². The Morgan fingerprint density at radius 2 is 2.00 bits per heavy atom. The third-order valence-corrected chi connectivity index (χ3v) is 4.61. The highest BCUT2D eigenvalue weighted by molar-refractivity contribution is 6.42. The maximum atomic E-state index is 12.4. The van der Waals surface area contributed by atoms with E-state index in [-0.39, 0.29) is 5.91 Å². The second kappa shape index (κ2) is 7.29. The number of hydrogen-bond acceptors (Lipinski definition) is 3. The molecule has 0 fully saturated rings. The number of aromatic nitrogens is 4. The lowest BCUT2D eigenvalue weighted by molar-refractivity contribution is 0.102. The molecule has 0 atom stereocenters. The number of carbonyl (C=O) groups excluding carboxylic acids is 1. The lowest BCUT2D eigenvalue weighted by Crippen LogP contribution is -2.13. The number of benzene rings is 1. The summed E-state index contributed by atoms with van der Waals surface area (Å²) in [6.07, 6.45) is 4.95. The molecule has 2 heterocycles. The summed E-state index contributed by atoms with van der Waals surface area (Å²) in [5, 5.41) is 12.3. The van der Waals surface area contributed by atoms with Gasteiger partial charge < -0.3 is 5.32 Å². The van der Waals surface area contributed by atoms with Crippen LogP contribution in [-0.2, 0) is 13.1 Å². The molecular weight excluding hydrogens is 361 g/mol. The van der Waals surface area contributed by atoms with Crippen LogP contribution in [-0.4, -0.2) is 25.5 Å². The van der Waals surface area contributed by atoms with Gasteiger partial charge in [-0.05, 0) is 31.5 Å². The van der Waals surface area contributed by atoms with Crippen LogP contribution in [0.25, 0.3) is 0 Å². The molecular formula is C17H17Cl2N5O. The van der Waals surface area contributed by atoms with Gasteiger partial charge in [-0.25, -0.2) is 0 Å². The molecule has 0 radical (unpaired) electrons. The molecule has 25 heavy (non-hydrogen) atoms. The number of amides is 1. The Bertz CT molecular complexity index is 916. The van der Waals surface area contributed by atoms with E-state index in [1.807, 2.05) is 19.9 Å². The third kappa shape index (κ3) is 3.86. The Balaban J connectivity index is 1.69. The molecule has 0 saturated carbocycles. The van der Waals surface area contributed by atoms with Crippen LogP contribution in [0.3, 0.4) is 0 Å². The van der Waals surface area contributed by atoms with Crippen molar-refractivity contribution in [1.29, 1.82) is 0 Å². The number of rotatable bonds is 5. The van der Waals surface area contributed by atoms with Crippen molar-refractivity contribution >= 4 is 34.8 Å². The number of nitrogens with zero attached hydrogens (tertiary/aromatic N) is 4. The van der Waals surface area contributed by atoms with E-state index in [9.17, 15) is 4.79 Å². The summed E-state index contributed by atoms with van der Waals surface area (Å²) in [5.74, 6) is -0.203. The molecule has 0 bridgehead atoms. The van der Waals surface area contributed by atoms with E-state index in [1.54, 1.807) is 40.1 Å². The highest BCUT2D eigenvalue weighted by atomic mass is 35.5. The second-order valence-corrected chi connectivity index (χ2v) is 6.40. The van der Waals surface area contributed by atoms with Crippen LogP contribution in [0.1, 0.15) is 28.5 Å². The van der Waals surface area contributed by atoms with Crippen molar-refractivity contribution in [2.45, 2.75) is 26.9 Å². The molecule has 130 valence electrons. The standard InChI is InChI=1S/C17H17Cl2N5O/c1-3-24-11(2)14(8-21-24)17(25)22-13-7-20-23(10-13)9-12-4-5-15(18)16(19)6-12/h4-8,10H,3,9H2,1-2H3,(H,22,25). The SMILES string of the molecule is CCn1ncc(C(=O)Nc2cnn(Cc3ccc(Cl)c(Cl)c3)c2)c1C. The first-order chi connectivity index (χ1) is 12.0. The van der Waals surface area contributed by atoms with Crippen LogP contribution in [0, 0.1) is 6.92 Å². The summed E-state index contributed by atoms with van der Waals surface area (Å²) < 4.78 is 3.50. The van der Waals surface area contributed by atoms with Crippen molar-refractivity contribution in [2.75, 3.05) is 5.32 Å². The smallest absolute Gasteiger partial charge is 0.259 e. The van der Waals surface area contributed by atoms with E-state index in [1.165, 1.54) is 0 Å².